The van der Waals surface area contributed by atoms with Crippen LogP contribution in [-0.4, -0.2) is 33.0 Å². The smallest absolute Gasteiger partial charge is 0.305 e. The normalized spacial score (nSPS) is 11.9. The van der Waals surface area contributed by atoms with E-state index in [0.29, 0.717) is 23.4 Å². The minimum atomic E-state index is -0.913. The molecule has 6 heteroatoms. The van der Waals surface area contributed by atoms with E-state index < -0.39 is 5.97 Å². The van der Waals surface area contributed by atoms with Crippen molar-refractivity contribution in [3.63, 3.8) is 0 Å². The maximum atomic E-state index is 12.3. The first-order valence-corrected chi connectivity index (χ1v) is 6.76. The summed E-state index contributed by atoms with van der Waals surface area (Å²) in [6.45, 7) is 5.50. The van der Waals surface area contributed by atoms with E-state index in [1.54, 1.807) is 13.8 Å². The Balaban J connectivity index is 2.81. The molecule has 1 aromatic rings. The molecule has 1 atom stereocenters. The van der Waals surface area contributed by atoms with Crippen molar-refractivity contribution in [3.8, 4) is 0 Å². The fourth-order valence-electron chi connectivity index (χ4n) is 2.07. The second kappa shape index (κ2) is 7.57. The number of carboxylic acid groups (broad SMARTS) is 1. The fourth-order valence-corrected chi connectivity index (χ4v) is 2.07. The van der Waals surface area contributed by atoms with Crippen LogP contribution in [0, 0.1) is 13.8 Å². The molecular weight excluding hydrogens is 258 g/mol. The Morgan fingerprint density at radius 1 is 1.30 bits per heavy atom. The van der Waals surface area contributed by atoms with E-state index in [9.17, 15) is 9.59 Å². The monoisotopic (exact) mass is 279 g/mol. The number of rotatable bonds is 7. The number of unbranched alkanes of at least 4 members (excludes halogenated alkanes) is 1. The van der Waals surface area contributed by atoms with Crippen LogP contribution in [0.25, 0.3) is 0 Å². The molecule has 0 bridgehead atoms. The van der Waals surface area contributed by atoms with Gasteiger partial charge in [0.05, 0.1) is 23.4 Å². The Morgan fingerprint density at radius 2 is 1.90 bits per heavy atom. The summed E-state index contributed by atoms with van der Waals surface area (Å²) in [6.07, 6.45) is 3.82. The summed E-state index contributed by atoms with van der Waals surface area (Å²) in [5, 5.41) is 11.7. The van der Waals surface area contributed by atoms with Gasteiger partial charge in [0.15, 0.2) is 0 Å². The van der Waals surface area contributed by atoms with Gasteiger partial charge in [-0.3, -0.25) is 9.59 Å². The number of aliphatic carboxylic acids is 1. The molecule has 1 rings (SSSR count). The molecule has 6 nitrogen and oxygen atoms in total. The highest BCUT2D eigenvalue weighted by Gasteiger charge is 2.19. The Morgan fingerprint density at radius 3 is 2.40 bits per heavy atom. The third kappa shape index (κ3) is 4.60. The molecule has 0 saturated heterocycles. The van der Waals surface area contributed by atoms with E-state index in [2.05, 4.69) is 15.3 Å². The highest BCUT2D eigenvalue weighted by atomic mass is 16.4. The number of nitrogens with one attached hydrogen (secondary N) is 1. The van der Waals surface area contributed by atoms with Crippen molar-refractivity contribution in [2.24, 2.45) is 0 Å². The summed E-state index contributed by atoms with van der Waals surface area (Å²) < 4.78 is 0. The molecule has 0 fully saturated rings. The predicted molar refractivity (Wildman–Crippen MR) is 74.5 cm³/mol. The van der Waals surface area contributed by atoms with Crippen molar-refractivity contribution in [1.29, 1.82) is 0 Å². The lowest BCUT2D eigenvalue weighted by molar-refractivity contribution is -0.137. The molecular formula is C14H21N3O3. The van der Waals surface area contributed by atoms with E-state index in [0.717, 1.165) is 12.8 Å². The molecule has 0 aliphatic rings. The zero-order chi connectivity index (χ0) is 15.1. The Labute approximate surface area is 118 Å². The van der Waals surface area contributed by atoms with Crippen LogP contribution in [0.15, 0.2) is 6.33 Å². The lowest BCUT2D eigenvalue weighted by Gasteiger charge is -2.17. The lowest BCUT2D eigenvalue weighted by atomic mass is 10.1. The van der Waals surface area contributed by atoms with Crippen LogP contribution < -0.4 is 5.32 Å². The molecule has 0 spiro atoms. The van der Waals surface area contributed by atoms with Crippen LogP contribution >= 0.6 is 0 Å². The molecule has 0 aliphatic carbocycles. The summed E-state index contributed by atoms with van der Waals surface area (Å²) in [4.78, 5) is 31.1. The number of carbonyl (C=O) groups is 2. The van der Waals surface area contributed by atoms with Crippen LogP contribution in [0.1, 0.15) is 54.4 Å². The van der Waals surface area contributed by atoms with Gasteiger partial charge in [-0.05, 0) is 20.3 Å². The molecule has 1 unspecified atom stereocenters. The van der Waals surface area contributed by atoms with Crippen molar-refractivity contribution in [1.82, 2.24) is 15.3 Å². The number of hydrogen-bond acceptors (Lipinski definition) is 4. The van der Waals surface area contributed by atoms with Gasteiger partial charge in [-0.2, -0.15) is 0 Å². The van der Waals surface area contributed by atoms with Crippen LogP contribution in [-0.2, 0) is 4.79 Å². The van der Waals surface area contributed by atoms with Gasteiger partial charge in [0.25, 0.3) is 5.91 Å². The second-order valence-electron chi connectivity index (χ2n) is 4.83. The van der Waals surface area contributed by atoms with Gasteiger partial charge < -0.3 is 10.4 Å². The minimum Gasteiger partial charge on any atom is -0.481 e. The zero-order valence-corrected chi connectivity index (χ0v) is 12.1. The number of carbonyl (C=O) groups excluding carboxylic acids is 1. The van der Waals surface area contributed by atoms with Gasteiger partial charge in [-0.25, -0.2) is 9.97 Å². The van der Waals surface area contributed by atoms with E-state index in [1.807, 2.05) is 6.92 Å². The minimum absolute atomic E-state index is 0.0719. The summed E-state index contributed by atoms with van der Waals surface area (Å²) in [7, 11) is 0. The largest absolute Gasteiger partial charge is 0.481 e. The SMILES string of the molecule is CCCCC(CC(=O)O)NC(=O)c1c(C)ncnc1C. The van der Waals surface area contributed by atoms with Gasteiger partial charge in [0, 0.05) is 6.04 Å². The van der Waals surface area contributed by atoms with Gasteiger partial charge in [0.2, 0.25) is 0 Å². The van der Waals surface area contributed by atoms with Crippen LogP contribution in [0.5, 0.6) is 0 Å². The first-order chi connectivity index (χ1) is 9.45. The molecule has 1 aromatic heterocycles. The highest BCUT2D eigenvalue weighted by Crippen LogP contribution is 2.11. The van der Waals surface area contributed by atoms with Gasteiger partial charge >= 0.3 is 5.97 Å². The number of carboxylic acids is 1. The first kappa shape index (κ1) is 16.1. The number of aryl methyl sites for hydroxylation is 2. The Kier molecular flexibility index (Phi) is 6.09. The van der Waals surface area contributed by atoms with E-state index in [1.165, 1.54) is 6.33 Å². The van der Waals surface area contributed by atoms with Gasteiger partial charge in [-0.1, -0.05) is 19.8 Å². The molecule has 20 heavy (non-hydrogen) atoms. The van der Waals surface area contributed by atoms with E-state index >= 15 is 0 Å². The topological polar surface area (TPSA) is 92.2 Å². The average molecular weight is 279 g/mol. The van der Waals surface area contributed by atoms with Gasteiger partial charge in [-0.15, -0.1) is 0 Å². The summed E-state index contributed by atoms with van der Waals surface area (Å²) in [6, 6.07) is -0.362. The van der Waals surface area contributed by atoms with Crippen molar-refractivity contribution < 1.29 is 14.7 Å². The van der Waals surface area contributed by atoms with E-state index in [-0.39, 0.29) is 18.4 Å². The van der Waals surface area contributed by atoms with Crippen molar-refractivity contribution in [2.75, 3.05) is 0 Å². The third-order valence-electron chi connectivity index (χ3n) is 3.12. The maximum absolute atomic E-state index is 12.3. The van der Waals surface area contributed by atoms with Crippen molar-refractivity contribution >= 4 is 11.9 Å². The maximum Gasteiger partial charge on any atom is 0.305 e. The third-order valence-corrected chi connectivity index (χ3v) is 3.12. The molecule has 0 saturated carbocycles. The Hall–Kier alpha value is -1.98. The fraction of sp³-hybridized carbons (Fsp3) is 0.571. The molecule has 1 amide bonds. The lowest BCUT2D eigenvalue weighted by Crippen LogP contribution is -2.37. The number of nitrogens with zero attached hydrogens (tertiary/aromatic N) is 2. The molecule has 0 aromatic carbocycles. The van der Waals surface area contributed by atoms with Crippen LogP contribution in [0.2, 0.25) is 0 Å². The van der Waals surface area contributed by atoms with Crippen LogP contribution in [0.3, 0.4) is 0 Å². The molecule has 1 heterocycles. The molecule has 0 radical (unpaired) electrons. The summed E-state index contributed by atoms with van der Waals surface area (Å²) in [5.41, 5.74) is 1.62. The number of hydrogen-bond donors (Lipinski definition) is 2. The first-order valence-electron chi connectivity index (χ1n) is 6.76. The highest BCUT2D eigenvalue weighted by molar-refractivity contribution is 5.96. The Bertz CT molecular complexity index is 468. The second-order valence-corrected chi connectivity index (χ2v) is 4.83. The average Bonchev–Trinajstić information content (AvgIpc) is 2.35. The molecule has 110 valence electrons. The predicted octanol–water partition coefficient (Wildman–Crippen LogP) is 1.86. The summed E-state index contributed by atoms with van der Waals surface area (Å²) >= 11 is 0. The zero-order valence-electron chi connectivity index (χ0n) is 12.1. The van der Waals surface area contributed by atoms with Gasteiger partial charge in [0.1, 0.15) is 6.33 Å². The van der Waals surface area contributed by atoms with E-state index in [4.69, 9.17) is 5.11 Å². The molecule has 2 N–H and O–H groups in total. The summed E-state index contributed by atoms with van der Waals surface area (Å²) in [5.74, 6) is -1.22. The number of aromatic nitrogens is 2. The molecule has 0 aliphatic heterocycles. The van der Waals surface area contributed by atoms with Crippen LogP contribution in [0.4, 0.5) is 0 Å². The van der Waals surface area contributed by atoms with Crippen molar-refractivity contribution in [2.45, 2.75) is 52.5 Å². The number of amides is 1. The quantitative estimate of drug-likeness (QED) is 0.794. The standard InChI is InChI=1S/C14H21N3O3/c1-4-5-6-11(7-12(18)19)17-14(20)13-9(2)15-8-16-10(13)3/h8,11H,4-7H2,1-3H3,(H,17,20)(H,18,19). The van der Waals surface area contributed by atoms with Crippen molar-refractivity contribution in [3.05, 3.63) is 23.3 Å².